The molecule has 0 aliphatic carbocycles. The lowest BCUT2D eigenvalue weighted by Gasteiger charge is -2.32. The van der Waals surface area contributed by atoms with Gasteiger partial charge in [0.1, 0.15) is 0 Å². The fourth-order valence-electron chi connectivity index (χ4n) is 2.42. The zero-order valence-electron chi connectivity index (χ0n) is 15.5. The Morgan fingerprint density at radius 2 is 1.88 bits per heavy atom. The zero-order chi connectivity index (χ0) is 18.4. The molecule has 0 aromatic rings. The molecule has 1 aliphatic rings. The van der Waals surface area contributed by atoms with Crippen molar-refractivity contribution >= 4 is 26.8 Å². The summed E-state index contributed by atoms with van der Waals surface area (Å²) in [5.74, 6) is 1.40. The van der Waals surface area contributed by atoms with E-state index in [0.717, 1.165) is 12.8 Å². The first kappa shape index (κ1) is 21.4. The predicted octanol–water partition coefficient (Wildman–Crippen LogP) is 0.513. The van der Waals surface area contributed by atoms with E-state index in [-0.39, 0.29) is 16.5 Å². The van der Waals surface area contributed by atoms with E-state index in [0.29, 0.717) is 31.3 Å². The second-order valence-electron chi connectivity index (χ2n) is 6.88. The largest absolute Gasteiger partial charge is 0.355 e. The monoisotopic (exact) mass is 380 g/mol. The molecule has 0 aromatic carbocycles. The number of hydrogen-bond acceptors (Lipinski definition) is 4. The summed E-state index contributed by atoms with van der Waals surface area (Å²) in [7, 11) is -2.29. The molecule has 1 fully saturated rings. The Morgan fingerprint density at radius 3 is 2.33 bits per heavy atom. The van der Waals surface area contributed by atoms with Crippen molar-refractivity contribution in [2.45, 2.75) is 51.3 Å². The average Bonchev–Trinajstić information content (AvgIpc) is 2.53. The van der Waals surface area contributed by atoms with Gasteiger partial charge in [0, 0.05) is 54.0 Å². The molecule has 1 saturated heterocycles. The highest BCUT2D eigenvalue weighted by molar-refractivity contribution is 7.89. The Morgan fingerprint density at radius 1 is 1.29 bits per heavy atom. The quantitative estimate of drug-likeness (QED) is 0.518. The third-order valence-corrected chi connectivity index (χ3v) is 7.86. The molecule has 0 bridgehead atoms. The Labute approximate surface area is 149 Å². The molecule has 0 saturated carbocycles. The van der Waals surface area contributed by atoms with Crippen molar-refractivity contribution in [3.05, 3.63) is 0 Å². The smallest absolute Gasteiger partial charge is 0.213 e. The van der Waals surface area contributed by atoms with Gasteiger partial charge in [-0.15, -0.1) is 0 Å². The van der Waals surface area contributed by atoms with Crippen molar-refractivity contribution in [2.24, 2.45) is 4.99 Å². The number of guanidine groups is 1. The van der Waals surface area contributed by atoms with Crippen LogP contribution in [0.3, 0.4) is 0 Å². The van der Waals surface area contributed by atoms with Crippen LogP contribution in [-0.2, 0) is 20.8 Å². The Kier molecular flexibility index (Phi) is 8.14. The summed E-state index contributed by atoms with van der Waals surface area (Å²) in [5, 5.41) is 6.51. The molecule has 142 valence electrons. The first-order valence-electron chi connectivity index (χ1n) is 8.43. The Hall–Kier alpha value is -0.670. The highest BCUT2D eigenvalue weighted by Crippen LogP contribution is 2.14. The molecule has 0 spiro atoms. The maximum Gasteiger partial charge on any atom is 0.213 e. The summed E-state index contributed by atoms with van der Waals surface area (Å²) in [4.78, 5) is 4.19. The SMILES string of the molecule is CCS(=O)(=O)N1CCC(NC(=NC)NCCS(=O)C(C)(C)C)CC1. The Balaban J connectivity index is 2.39. The third kappa shape index (κ3) is 6.68. The van der Waals surface area contributed by atoms with E-state index in [4.69, 9.17) is 0 Å². The van der Waals surface area contributed by atoms with Crippen LogP contribution in [0, 0.1) is 0 Å². The second-order valence-corrected chi connectivity index (χ2v) is 11.5. The standard InChI is InChI=1S/C15H32N4O3S2/c1-6-24(21,22)19-10-7-13(8-11-19)18-14(16-5)17-9-12-23(20)15(2,3)4/h13H,6-12H2,1-5H3,(H2,16,17,18). The van der Waals surface area contributed by atoms with Gasteiger partial charge < -0.3 is 10.6 Å². The lowest BCUT2D eigenvalue weighted by molar-refractivity contribution is 0.306. The van der Waals surface area contributed by atoms with Crippen LogP contribution < -0.4 is 10.6 Å². The number of sulfonamides is 1. The topological polar surface area (TPSA) is 90.9 Å². The van der Waals surface area contributed by atoms with Gasteiger partial charge in [0.2, 0.25) is 10.0 Å². The van der Waals surface area contributed by atoms with Gasteiger partial charge in [-0.2, -0.15) is 0 Å². The molecule has 1 unspecified atom stereocenters. The van der Waals surface area contributed by atoms with E-state index < -0.39 is 20.8 Å². The van der Waals surface area contributed by atoms with Crippen LogP contribution >= 0.6 is 0 Å². The number of rotatable bonds is 6. The molecule has 1 rings (SSSR count). The molecular weight excluding hydrogens is 348 g/mol. The number of nitrogens with zero attached hydrogens (tertiary/aromatic N) is 2. The van der Waals surface area contributed by atoms with E-state index >= 15 is 0 Å². The summed E-state index contributed by atoms with van der Waals surface area (Å²) < 4.78 is 37.1. The number of piperidine rings is 1. The molecule has 2 N–H and O–H groups in total. The summed E-state index contributed by atoms with van der Waals surface area (Å²) >= 11 is 0. The summed E-state index contributed by atoms with van der Waals surface area (Å²) in [6.07, 6.45) is 1.52. The number of nitrogens with one attached hydrogen (secondary N) is 2. The van der Waals surface area contributed by atoms with Crippen LogP contribution in [0.5, 0.6) is 0 Å². The third-order valence-electron chi connectivity index (χ3n) is 4.04. The first-order chi connectivity index (χ1) is 11.1. The van der Waals surface area contributed by atoms with Crippen LogP contribution in [0.4, 0.5) is 0 Å². The number of aliphatic imine (C=N–C) groups is 1. The fourth-order valence-corrected chi connectivity index (χ4v) is 4.45. The van der Waals surface area contributed by atoms with Crippen LogP contribution in [0.2, 0.25) is 0 Å². The highest BCUT2D eigenvalue weighted by atomic mass is 32.2. The van der Waals surface area contributed by atoms with Gasteiger partial charge in [-0.3, -0.25) is 9.20 Å². The van der Waals surface area contributed by atoms with E-state index in [1.54, 1.807) is 18.3 Å². The number of hydrogen-bond donors (Lipinski definition) is 2. The van der Waals surface area contributed by atoms with Crippen molar-refractivity contribution in [2.75, 3.05) is 38.2 Å². The van der Waals surface area contributed by atoms with Crippen molar-refractivity contribution < 1.29 is 12.6 Å². The van der Waals surface area contributed by atoms with Crippen molar-refractivity contribution in [3.63, 3.8) is 0 Å². The molecule has 9 heteroatoms. The molecule has 0 amide bonds. The lowest BCUT2D eigenvalue weighted by Crippen LogP contribution is -2.50. The molecule has 1 atom stereocenters. The van der Waals surface area contributed by atoms with Gasteiger partial charge in [0.05, 0.1) is 5.75 Å². The molecule has 7 nitrogen and oxygen atoms in total. The lowest BCUT2D eigenvalue weighted by atomic mass is 10.1. The van der Waals surface area contributed by atoms with Gasteiger partial charge in [-0.25, -0.2) is 12.7 Å². The average molecular weight is 381 g/mol. The van der Waals surface area contributed by atoms with Gasteiger partial charge >= 0.3 is 0 Å². The minimum atomic E-state index is -3.09. The Bertz CT molecular complexity index is 548. The first-order valence-corrected chi connectivity index (χ1v) is 11.4. The predicted molar refractivity (Wildman–Crippen MR) is 101 cm³/mol. The maximum absolute atomic E-state index is 12.0. The van der Waals surface area contributed by atoms with Crippen LogP contribution in [-0.4, -0.2) is 71.9 Å². The molecule has 1 heterocycles. The minimum absolute atomic E-state index is 0.152. The molecule has 0 radical (unpaired) electrons. The van der Waals surface area contributed by atoms with E-state index in [2.05, 4.69) is 15.6 Å². The van der Waals surface area contributed by atoms with Crippen LogP contribution in [0.1, 0.15) is 40.5 Å². The molecular formula is C15H32N4O3S2. The maximum atomic E-state index is 12.0. The van der Waals surface area contributed by atoms with E-state index in [1.807, 2.05) is 20.8 Å². The van der Waals surface area contributed by atoms with Crippen LogP contribution in [0.25, 0.3) is 0 Å². The van der Waals surface area contributed by atoms with Gasteiger partial charge in [-0.1, -0.05) is 0 Å². The van der Waals surface area contributed by atoms with Crippen molar-refractivity contribution in [3.8, 4) is 0 Å². The molecule has 0 aromatic heterocycles. The van der Waals surface area contributed by atoms with Gasteiger partial charge in [0.15, 0.2) is 5.96 Å². The second kappa shape index (κ2) is 9.15. The van der Waals surface area contributed by atoms with Crippen molar-refractivity contribution in [1.82, 2.24) is 14.9 Å². The zero-order valence-corrected chi connectivity index (χ0v) is 17.1. The summed E-state index contributed by atoms with van der Waals surface area (Å²) in [6.45, 7) is 9.24. The van der Waals surface area contributed by atoms with Gasteiger partial charge in [-0.05, 0) is 40.5 Å². The summed E-state index contributed by atoms with van der Waals surface area (Å²) in [6, 6.07) is 0.201. The van der Waals surface area contributed by atoms with Crippen molar-refractivity contribution in [1.29, 1.82) is 0 Å². The van der Waals surface area contributed by atoms with Crippen LogP contribution in [0.15, 0.2) is 4.99 Å². The minimum Gasteiger partial charge on any atom is -0.355 e. The van der Waals surface area contributed by atoms with E-state index in [1.165, 1.54) is 0 Å². The fraction of sp³-hybridized carbons (Fsp3) is 0.933. The van der Waals surface area contributed by atoms with E-state index in [9.17, 15) is 12.6 Å². The normalized spacial score (nSPS) is 20.0. The molecule has 1 aliphatic heterocycles. The van der Waals surface area contributed by atoms with Gasteiger partial charge in [0.25, 0.3) is 0 Å². The highest BCUT2D eigenvalue weighted by Gasteiger charge is 2.27. The summed E-state index contributed by atoms with van der Waals surface area (Å²) in [5.41, 5.74) is 0. The molecule has 24 heavy (non-hydrogen) atoms.